The molecule has 0 radical (unpaired) electrons. The third-order valence-electron chi connectivity index (χ3n) is 2.57. The molecule has 1 aromatic rings. The van der Waals surface area contributed by atoms with E-state index in [1.165, 1.54) is 5.56 Å². The second kappa shape index (κ2) is 4.77. The van der Waals surface area contributed by atoms with Gasteiger partial charge in [-0.15, -0.1) is 0 Å². The fourth-order valence-electron chi connectivity index (χ4n) is 1.78. The molecule has 0 spiro atoms. The van der Waals surface area contributed by atoms with Gasteiger partial charge in [-0.05, 0) is 29.5 Å². The van der Waals surface area contributed by atoms with Gasteiger partial charge in [0, 0.05) is 0 Å². The summed E-state index contributed by atoms with van der Waals surface area (Å²) in [5.74, 6) is 0. The zero-order valence-electron chi connectivity index (χ0n) is 9.83. The highest BCUT2D eigenvalue weighted by atomic mass is 16.3. The average molecular weight is 207 g/mol. The largest absolute Gasteiger partial charge is 0.388 e. The number of aliphatic hydroxyl groups excluding tert-OH is 1. The molecule has 0 saturated carbocycles. The molecule has 2 heteroatoms. The van der Waals surface area contributed by atoms with Crippen LogP contribution >= 0.6 is 0 Å². The Morgan fingerprint density at radius 3 is 2.40 bits per heavy atom. The van der Waals surface area contributed by atoms with E-state index >= 15 is 0 Å². The van der Waals surface area contributed by atoms with E-state index < -0.39 is 6.10 Å². The van der Waals surface area contributed by atoms with Crippen molar-refractivity contribution in [3.05, 3.63) is 35.4 Å². The van der Waals surface area contributed by atoms with Crippen molar-refractivity contribution in [1.29, 1.82) is 0 Å². The normalized spacial score (nSPS) is 13.9. The van der Waals surface area contributed by atoms with Crippen LogP contribution in [-0.4, -0.2) is 11.7 Å². The molecule has 0 aromatic heterocycles. The Kier molecular flexibility index (Phi) is 3.89. The summed E-state index contributed by atoms with van der Waals surface area (Å²) in [6.45, 7) is 6.97. The molecular weight excluding hydrogens is 186 g/mol. The highest BCUT2D eigenvalue weighted by molar-refractivity contribution is 5.34. The Bertz CT molecular complexity index is 315. The van der Waals surface area contributed by atoms with Crippen LogP contribution in [0, 0.1) is 0 Å². The molecule has 84 valence electrons. The van der Waals surface area contributed by atoms with Crippen molar-refractivity contribution in [3.8, 4) is 0 Å². The van der Waals surface area contributed by atoms with Crippen molar-refractivity contribution in [2.45, 2.75) is 38.7 Å². The maximum absolute atomic E-state index is 9.98. The van der Waals surface area contributed by atoms with Crippen molar-refractivity contribution in [3.63, 3.8) is 0 Å². The minimum Gasteiger partial charge on any atom is -0.388 e. The summed E-state index contributed by atoms with van der Waals surface area (Å²) in [6.07, 6.45) is 0.179. The maximum Gasteiger partial charge on any atom is 0.0804 e. The molecule has 3 N–H and O–H groups in total. The third-order valence-corrected chi connectivity index (χ3v) is 2.57. The summed E-state index contributed by atoms with van der Waals surface area (Å²) in [5, 5.41) is 9.98. The molecule has 0 fully saturated rings. The topological polar surface area (TPSA) is 46.2 Å². The van der Waals surface area contributed by atoms with Crippen molar-refractivity contribution >= 4 is 0 Å². The molecule has 0 amide bonds. The van der Waals surface area contributed by atoms with Crippen LogP contribution in [-0.2, 0) is 5.41 Å². The lowest BCUT2D eigenvalue weighted by molar-refractivity contribution is 0.168. The van der Waals surface area contributed by atoms with Gasteiger partial charge in [-0.3, -0.25) is 0 Å². The zero-order chi connectivity index (χ0) is 11.5. The lowest BCUT2D eigenvalue weighted by atomic mass is 9.82. The van der Waals surface area contributed by atoms with E-state index in [2.05, 4.69) is 26.8 Å². The summed E-state index contributed by atoms with van der Waals surface area (Å²) in [5.41, 5.74) is 7.74. The summed E-state index contributed by atoms with van der Waals surface area (Å²) < 4.78 is 0. The van der Waals surface area contributed by atoms with Crippen molar-refractivity contribution in [2.24, 2.45) is 5.73 Å². The van der Waals surface area contributed by atoms with Gasteiger partial charge in [0.1, 0.15) is 0 Å². The highest BCUT2D eigenvalue weighted by Crippen LogP contribution is 2.30. The quantitative estimate of drug-likeness (QED) is 0.799. The first-order valence-electron chi connectivity index (χ1n) is 5.44. The van der Waals surface area contributed by atoms with Crippen LogP contribution < -0.4 is 5.73 Å². The first-order valence-corrected chi connectivity index (χ1v) is 5.44. The molecule has 0 aliphatic rings. The summed E-state index contributed by atoms with van der Waals surface area (Å²) in [6, 6.07) is 8.04. The summed E-state index contributed by atoms with van der Waals surface area (Å²) in [7, 11) is 0. The van der Waals surface area contributed by atoms with Crippen LogP contribution in [0.1, 0.15) is 44.4 Å². The van der Waals surface area contributed by atoms with E-state index in [0.29, 0.717) is 13.0 Å². The predicted molar refractivity (Wildman–Crippen MR) is 63.8 cm³/mol. The van der Waals surface area contributed by atoms with E-state index in [9.17, 15) is 5.11 Å². The molecule has 0 unspecified atom stereocenters. The third kappa shape index (κ3) is 3.05. The van der Waals surface area contributed by atoms with E-state index in [0.717, 1.165) is 5.56 Å². The summed E-state index contributed by atoms with van der Waals surface area (Å²) >= 11 is 0. The van der Waals surface area contributed by atoms with Crippen LogP contribution in [0.15, 0.2) is 24.3 Å². The minimum absolute atomic E-state index is 0.0617. The van der Waals surface area contributed by atoms with Gasteiger partial charge >= 0.3 is 0 Å². The molecule has 0 heterocycles. The Morgan fingerprint density at radius 1 is 1.27 bits per heavy atom. The Morgan fingerprint density at radius 2 is 1.87 bits per heavy atom. The first kappa shape index (κ1) is 12.2. The van der Waals surface area contributed by atoms with Gasteiger partial charge in [-0.25, -0.2) is 0 Å². The minimum atomic E-state index is -0.439. The maximum atomic E-state index is 9.98. The van der Waals surface area contributed by atoms with Gasteiger partial charge in [0.05, 0.1) is 6.10 Å². The highest BCUT2D eigenvalue weighted by Gasteiger charge is 2.20. The first-order chi connectivity index (χ1) is 6.96. The molecule has 15 heavy (non-hydrogen) atoms. The Labute approximate surface area is 92.1 Å². The fraction of sp³-hybridized carbons (Fsp3) is 0.538. The number of benzene rings is 1. The van der Waals surface area contributed by atoms with Gasteiger partial charge < -0.3 is 10.8 Å². The molecule has 1 atom stereocenters. The molecular formula is C13H21NO. The lowest BCUT2D eigenvalue weighted by Crippen LogP contribution is -2.17. The SMILES string of the molecule is CC(C)(C)c1ccccc1[C@H](O)CCN. The molecule has 0 bridgehead atoms. The van der Waals surface area contributed by atoms with Crippen LogP contribution in [0.5, 0.6) is 0 Å². The van der Waals surface area contributed by atoms with Crippen molar-refractivity contribution in [1.82, 2.24) is 0 Å². The second-order valence-corrected chi connectivity index (χ2v) is 4.93. The van der Waals surface area contributed by atoms with Crippen molar-refractivity contribution in [2.75, 3.05) is 6.54 Å². The standard InChI is InChI=1S/C13H21NO/c1-13(2,3)11-7-5-4-6-10(11)12(15)8-9-14/h4-7,12,15H,8-9,14H2,1-3H3/t12-/m1/s1. The number of rotatable bonds is 3. The van der Waals surface area contributed by atoms with Gasteiger partial charge in [-0.2, -0.15) is 0 Å². The monoisotopic (exact) mass is 207 g/mol. The average Bonchev–Trinajstić information content (AvgIpc) is 2.17. The number of aliphatic hydroxyl groups is 1. The molecule has 0 aliphatic carbocycles. The van der Waals surface area contributed by atoms with E-state index in [1.54, 1.807) is 0 Å². The number of nitrogens with two attached hydrogens (primary N) is 1. The van der Waals surface area contributed by atoms with Crippen LogP contribution in [0.3, 0.4) is 0 Å². The van der Waals surface area contributed by atoms with E-state index in [-0.39, 0.29) is 5.41 Å². The second-order valence-electron chi connectivity index (χ2n) is 4.93. The lowest BCUT2D eigenvalue weighted by Gasteiger charge is -2.25. The molecule has 0 saturated heterocycles. The van der Waals surface area contributed by atoms with Gasteiger partial charge in [0.25, 0.3) is 0 Å². The van der Waals surface area contributed by atoms with Gasteiger partial charge in [-0.1, -0.05) is 45.0 Å². The summed E-state index contributed by atoms with van der Waals surface area (Å²) in [4.78, 5) is 0. The zero-order valence-corrected chi connectivity index (χ0v) is 9.83. The van der Waals surface area contributed by atoms with E-state index in [1.807, 2.05) is 18.2 Å². The Hall–Kier alpha value is -0.860. The van der Waals surface area contributed by atoms with Gasteiger partial charge in [0.2, 0.25) is 0 Å². The Balaban J connectivity index is 3.06. The predicted octanol–water partition coefficient (Wildman–Crippen LogP) is 2.37. The van der Waals surface area contributed by atoms with Gasteiger partial charge in [0.15, 0.2) is 0 Å². The smallest absolute Gasteiger partial charge is 0.0804 e. The molecule has 0 aliphatic heterocycles. The molecule has 1 rings (SSSR count). The molecule has 1 aromatic carbocycles. The fourth-order valence-corrected chi connectivity index (χ4v) is 1.78. The van der Waals surface area contributed by atoms with E-state index in [4.69, 9.17) is 5.73 Å². The van der Waals surface area contributed by atoms with Crippen LogP contribution in [0.25, 0.3) is 0 Å². The van der Waals surface area contributed by atoms with Crippen molar-refractivity contribution < 1.29 is 5.11 Å². The number of hydrogen-bond donors (Lipinski definition) is 2. The van der Waals surface area contributed by atoms with Crippen LogP contribution in [0.4, 0.5) is 0 Å². The number of hydrogen-bond acceptors (Lipinski definition) is 2. The molecule has 2 nitrogen and oxygen atoms in total. The van der Waals surface area contributed by atoms with Crippen LogP contribution in [0.2, 0.25) is 0 Å².